The number of fused-ring (bicyclic) bond motifs is 2. The molecule has 3 aromatic rings. The van der Waals surface area contributed by atoms with Gasteiger partial charge in [-0.1, -0.05) is 44.2 Å². The quantitative estimate of drug-likeness (QED) is 0.684. The van der Waals surface area contributed by atoms with Gasteiger partial charge in [-0.25, -0.2) is 0 Å². The van der Waals surface area contributed by atoms with Crippen LogP contribution in [0.3, 0.4) is 0 Å². The monoisotopic (exact) mass is 276 g/mol. The molecule has 1 aliphatic heterocycles. The van der Waals surface area contributed by atoms with Crippen molar-refractivity contribution in [1.82, 2.24) is 4.98 Å². The minimum Gasteiger partial charge on any atom is -0.384 e. The largest absolute Gasteiger partial charge is 0.384 e. The van der Waals surface area contributed by atoms with Gasteiger partial charge < -0.3 is 5.32 Å². The van der Waals surface area contributed by atoms with E-state index in [-0.39, 0.29) is 0 Å². The molecule has 0 aliphatic carbocycles. The summed E-state index contributed by atoms with van der Waals surface area (Å²) in [4.78, 5) is 4.37. The van der Waals surface area contributed by atoms with Crippen molar-refractivity contribution in [2.45, 2.75) is 20.3 Å². The molecule has 0 fully saturated rings. The molecule has 0 saturated heterocycles. The summed E-state index contributed by atoms with van der Waals surface area (Å²) < 4.78 is 0. The normalized spacial score (nSPS) is 12.3. The average molecular weight is 276 g/mol. The van der Waals surface area contributed by atoms with Crippen LogP contribution in [0, 0.1) is 0 Å². The fraction of sp³-hybridized carbons (Fsp3) is 0.211. The molecular weight excluding hydrogens is 256 g/mol. The highest BCUT2D eigenvalue weighted by Gasteiger charge is 2.11. The average Bonchev–Trinajstić information content (AvgIpc) is 3.04. The van der Waals surface area contributed by atoms with Crippen molar-refractivity contribution in [1.29, 1.82) is 0 Å². The SMILES string of the molecule is CC.c1ccc2c(-c3ccc4c(c3)CCN4)cncc2c1. The highest BCUT2D eigenvalue weighted by molar-refractivity contribution is 5.96. The van der Waals surface area contributed by atoms with E-state index in [4.69, 9.17) is 0 Å². The Hall–Kier alpha value is -2.35. The van der Waals surface area contributed by atoms with E-state index in [1.165, 1.54) is 33.2 Å². The van der Waals surface area contributed by atoms with E-state index in [1.807, 2.05) is 26.2 Å². The second-order valence-electron chi connectivity index (χ2n) is 4.96. The Morgan fingerprint density at radius 1 is 1.00 bits per heavy atom. The topological polar surface area (TPSA) is 24.9 Å². The van der Waals surface area contributed by atoms with E-state index in [0.717, 1.165) is 13.0 Å². The molecule has 4 rings (SSSR count). The van der Waals surface area contributed by atoms with Gasteiger partial charge in [0.15, 0.2) is 0 Å². The van der Waals surface area contributed by atoms with Crippen molar-refractivity contribution in [2.75, 3.05) is 11.9 Å². The predicted octanol–water partition coefficient (Wildman–Crippen LogP) is 4.90. The molecule has 1 N–H and O–H groups in total. The highest BCUT2D eigenvalue weighted by Crippen LogP contribution is 2.32. The van der Waals surface area contributed by atoms with Gasteiger partial charge in [0.25, 0.3) is 0 Å². The molecule has 0 unspecified atom stereocenters. The molecular formula is C19H20N2. The molecule has 0 bridgehead atoms. The minimum atomic E-state index is 1.05. The lowest BCUT2D eigenvalue weighted by atomic mass is 9.98. The Labute approximate surface area is 125 Å². The van der Waals surface area contributed by atoms with Gasteiger partial charge in [0.2, 0.25) is 0 Å². The molecule has 1 aliphatic rings. The van der Waals surface area contributed by atoms with E-state index in [2.05, 4.69) is 52.8 Å². The first-order chi connectivity index (χ1) is 10.4. The maximum absolute atomic E-state index is 4.37. The molecule has 0 amide bonds. The molecule has 2 aromatic carbocycles. The predicted molar refractivity (Wildman–Crippen MR) is 90.7 cm³/mol. The summed E-state index contributed by atoms with van der Waals surface area (Å²) in [7, 11) is 0. The summed E-state index contributed by atoms with van der Waals surface area (Å²) >= 11 is 0. The molecule has 0 atom stereocenters. The minimum absolute atomic E-state index is 1.05. The number of nitrogens with one attached hydrogen (secondary N) is 1. The first-order valence-corrected chi connectivity index (χ1v) is 7.62. The first kappa shape index (κ1) is 13.6. The Morgan fingerprint density at radius 2 is 1.86 bits per heavy atom. The molecule has 0 spiro atoms. The van der Waals surface area contributed by atoms with E-state index in [9.17, 15) is 0 Å². The molecule has 2 heteroatoms. The van der Waals surface area contributed by atoms with Crippen LogP contribution in [0.4, 0.5) is 5.69 Å². The lowest BCUT2D eigenvalue weighted by Gasteiger charge is -2.08. The molecule has 21 heavy (non-hydrogen) atoms. The highest BCUT2D eigenvalue weighted by atomic mass is 14.9. The van der Waals surface area contributed by atoms with Crippen molar-refractivity contribution >= 4 is 16.5 Å². The number of aromatic nitrogens is 1. The van der Waals surface area contributed by atoms with Crippen molar-refractivity contribution in [3.05, 3.63) is 60.4 Å². The fourth-order valence-corrected chi connectivity index (χ4v) is 2.82. The number of benzene rings is 2. The summed E-state index contributed by atoms with van der Waals surface area (Å²) in [5.41, 5.74) is 5.15. The van der Waals surface area contributed by atoms with E-state index in [0.29, 0.717) is 0 Å². The van der Waals surface area contributed by atoms with Crippen molar-refractivity contribution in [2.24, 2.45) is 0 Å². The zero-order valence-corrected chi connectivity index (χ0v) is 12.6. The van der Waals surface area contributed by atoms with Gasteiger partial charge in [-0.15, -0.1) is 0 Å². The van der Waals surface area contributed by atoms with Crippen LogP contribution < -0.4 is 5.32 Å². The van der Waals surface area contributed by atoms with Gasteiger partial charge in [-0.2, -0.15) is 0 Å². The lowest BCUT2D eigenvalue weighted by molar-refractivity contribution is 1.11. The third-order valence-corrected chi connectivity index (χ3v) is 3.79. The number of hydrogen-bond donors (Lipinski definition) is 1. The van der Waals surface area contributed by atoms with Crippen LogP contribution in [-0.4, -0.2) is 11.5 Å². The molecule has 106 valence electrons. The Morgan fingerprint density at radius 3 is 2.76 bits per heavy atom. The third-order valence-electron chi connectivity index (χ3n) is 3.79. The maximum Gasteiger partial charge on any atom is 0.0373 e. The standard InChI is InChI=1S/C17H14N2.C2H6/c1-2-4-15-14(3-1)10-18-11-16(15)12-5-6-17-13(9-12)7-8-19-17;1-2/h1-6,9-11,19H,7-8H2;1-2H3. The zero-order valence-electron chi connectivity index (χ0n) is 12.6. The van der Waals surface area contributed by atoms with Gasteiger partial charge >= 0.3 is 0 Å². The summed E-state index contributed by atoms with van der Waals surface area (Å²) in [6.45, 7) is 5.05. The van der Waals surface area contributed by atoms with E-state index in [1.54, 1.807) is 0 Å². The molecule has 2 heterocycles. The summed E-state index contributed by atoms with van der Waals surface area (Å²) in [6, 6.07) is 15.1. The molecule has 1 aromatic heterocycles. The van der Waals surface area contributed by atoms with Crippen LogP contribution in [0.2, 0.25) is 0 Å². The zero-order chi connectivity index (χ0) is 14.7. The second kappa shape index (κ2) is 5.96. The smallest absolute Gasteiger partial charge is 0.0373 e. The first-order valence-electron chi connectivity index (χ1n) is 7.62. The fourth-order valence-electron chi connectivity index (χ4n) is 2.82. The van der Waals surface area contributed by atoms with Crippen LogP contribution in [-0.2, 0) is 6.42 Å². The van der Waals surface area contributed by atoms with Crippen molar-refractivity contribution in [3.63, 3.8) is 0 Å². The lowest BCUT2D eigenvalue weighted by Crippen LogP contribution is -1.90. The number of nitrogens with zero attached hydrogens (tertiary/aromatic N) is 1. The van der Waals surface area contributed by atoms with Gasteiger partial charge in [0, 0.05) is 35.6 Å². The van der Waals surface area contributed by atoms with Gasteiger partial charge in [-0.05, 0) is 35.1 Å². The van der Waals surface area contributed by atoms with Crippen LogP contribution in [0.25, 0.3) is 21.9 Å². The molecule has 2 nitrogen and oxygen atoms in total. The van der Waals surface area contributed by atoms with Gasteiger partial charge in [-0.3, -0.25) is 4.98 Å². The number of rotatable bonds is 1. The van der Waals surface area contributed by atoms with Crippen LogP contribution >= 0.6 is 0 Å². The third kappa shape index (κ3) is 2.49. The number of anilines is 1. The Balaban J connectivity index is 0.000000636. The van der Waals surface area contributed by atoms with E-state index >= 15 is 0 Å². The van der Waals surface area contributed by atoms with Crippen molar-refractivity contribution < 1.29 is 0 Å². The Kier molecular flexibility index (Phi) is 3.87. The van der Waals surface area contributed by atoms with Crippen molar-refractivity contribution in [3.8, 4) is 11.1 Å². The second-order valence-corrected chi connectivity index (χ2v) is 4.96. The van der Waals surface area contributed by atoms with Gasteiger partial charge in [0.1, 0.15) is 0 Å². The van der Waals surface area contributed by atoms with Crippen LogP contribution in [0.1, 0.15) is 19.4 Å². The van der Waals surface area contributed by atoms with E-state index < -0.39 is 0 Å². The Bertz CT molecular complexity index is 757. The van der Waals surface area contributed by atoms with Gasteiger partial charge in [0.05, 0.1) is 0 Å². The molecule has 0 saturated carbocycles. The van der Waals surface area contributed by atoms with Crippen LogP contribution in [0.5, 0.6) is 0 Å². The van der Waals surface area contributed by atoms with Crippen LogP contribution in [0.15, 0.2) is 54.9 Å². The summed E-state index contributed by atoms with van der Waals surface area (Å²) in [6.07, 6.45) is 5.00. The summed E-state index contributed by atoms with van der Waals surface area (Å²) in [5.74, 6) is 0. The number of hydrogen-bond acceptors (Lipinski definition) is 2. The summed E-state index contributed by atoms with van der Waals surface area (Å²) in [5, 5.41) is 5.86. The molecule has 0 radical (unpaired) electrons. The maximum atomic E-state index is 4.37. The number of pyridine rings is 1.